The lowest BCUT2D eigenvalue weighted by molar-refractivity contribution is -0.148. The summed E-state index contributed by atoms with van der Waals surface area (Å²) in [6, 6.07) is 6.99. The zero-order valence-corrected chi connectivity index (χ0v) is 19.9. The summed E-state index contributed by atoms with van der Waals surface area (Å²) in [5, 5.41) is 10.6. The summed E-state index contributed by atoms with van der Waals surface area (Å²) in [7, 11) is 0. The Bertz CT molecular complexity index is 1100. The molecule has 1 saturated carbocycles. The number of benzene rings is 1. The molecule has 5 rings (SSSR count). The number of nitrogens with one attached hydrogen (secondary N) is 2. The zero-order chi connectivity index (χ0) is 23.1. The van der Waals surface area contributed by atoms with Gasteiger partial charge in [-0.1, -0.05) is 42.8 Å². The summed E-state index contributed by atoms with van der Waals surface area (Å²) in [6.45, 7) is 4.00. The third kappa shape index (κ3) is 4.49. The van der Waals surface area contributed by atoms with E-state index in [0.717, 1.165) is 41.9 Å². The summed E-state index contributed by atoms with van der Waals surface area (Å²) in [5.74, 6) is -0.837. The monoisotopic (exact) mass is 487 g/mol. The van der Waals surface area contributed by atoms with Gasteiger partial charge in [0.25, 0.3) is 11.8 Å². The molecule has 0 bridgehead atoms. The van der Waals surface area contributed by atoms with Gasteiger partial charge < -0.3 is 10.6 Å². The highest BCUT2D eigenvalue weighted by Crippen LogP contribution is 2.43. The molecule has 1 aromatic heterocycles. The van der Waals surface area contributed by atoms with Gasteiger partial charge in [-0.3, -0.25) is 19.4 Å². The number of halogens is 1. The molecule has 3 amide bonds. The fourth-order valence-electron chi connectivity index (χ4n) is 4.32. The second-order valence-electron chi connectivity index (χ2n) is 8.90. The van der Waals surface area contributed by atoms with Gasteiger partial charge >= 0.3 is 0 Å². The average Bonchev–Trinajstić information content (AvgIpc) is 3.46. The number of fused-ring (bicyclic) bond motifs is 2. The number of carbonyl (C=O) groups is 3. The van der Waals surface area contributed by atoms with Crippen LogP contribution in [0.3, 0.4) is 0 Å². The van der Waals surface area contributed by atoms with Gasteiger partial charge in [-0.2, -0.15) is 0 Å². The van der Waals surface area contributed by atoms with Gasteiger partial charge in [0.15, 0.2) is 5.15 Å². The van der Waals surface area contributed by atoms with Gasteiger partial charge in [0.1, 0.15) is 10.9 Å². The smallest absolute Gasteiger partial charge is 0.264 e. The number of rotatable bonds is 6. The molecule has 2 aliphatic heterocycles. The van der Waals surface area contributed by atoms with Crippen LogP contribution in [-0.4, -0.2) is 52.4 Å². The highest BCUT2D eigenvalue weighted by molar-refractivity contribution is 7.14. The third-order valence-electron chi connectivity index (χ3n) is 6.39. The van der Waals surface area contributed by atoms with Crippen molar-refractivity contribution in [3.05, 3.63) is 50.4 Å². The summed E-state index contributed by atoms with van der Waals surface area (Å²) >= 11 is 7.48. The maximum Gasteiger partial charge on any atom is 0.264 e. The predicted molar refractivity (Wildman–Crippen MR) is 125 cm³/mol. The largest absolute Gasteiger partial charge is 0.350 e. The van der Waals surface area contributed by atoms with Crippen LogP contribution in [0.25, 0.3) is 0 Å². The van der Waals surface area contributed by atoms with Crippen LogP contribution in [0.15, 0.2) is 24.3 Å². The minimum absolute atomic E-state index is 0.119. The van der Waals surface area contributed by atoms with Crippen molar-refractivity contribution < 1.29 is 14.4 Å². The van der Waals surface area contributed by atoms with E-state index in [-0.39, 0.29) is 29.4 Å². The number of hydrogen-bond acceptors (Lipinski definition) is 6. The molecule has 2 N–H and O–H groups in total. The van der Waals surface area contributed by atoms with Crippen LogP contribution in [0, 0.1) is 5.92 Å². The molecule has 8 nitrogen and oxygen atoms in total. The van der Waals surface area contributed by atoms with E-state index in [2.05, 4.69) is 15.6 Å². The number of thiazole rings is 1. The Hall–Kier alpha value is -2.49. The van der Waals surface area contributed by atoms with Crippen molar-refractivity contribution in [3.8, 4) is 0 Å². The van der Waals surface area contributed by atoms with E-state index in [1.54, 1.807) is 11.9 Å². The molecule has 3 aliphatic rings. The Kier molecular flexibility index (Phi) is 6.11. The third-order valence-corrected chi connectivity index (χ3v) is 7.99. The molecular formula is C23H26ClN5O3S. The van der Waals surface area contributed by atoms with Crippen molar-refractivity contribution >= 4 is 40.7 Å². The lowest BCUT2D eigenvalue weighted by atomic mass is 9.99. The molecular weight excluding hydrogens is 462 g/mol. The Morgan fingerprint density at radius 3 is 2.85 bits per heavy atom. The highest BCUT2D eigenvalue weighted by atomic mass is 35.5. The number of carbonyl (C=O) groups excluding carboxylic acids is 3. The van der Waals surface area contributed by atoms with E-state index in [4.69, 9.17) is 11.6 Å². The summed E-state index contributed by atoms with van der Waals surface area (Å²) in [4.78, 5) is 43.6. The van der Waals surface area contributed by atoms with Crippen LogP contribution in [0.5, 0.6) is 0 Å². The SMILES string of the molecule is C[C@H](CNC(=O)c1sc(C2CC2)nc1Cl)C(=O)N[C@@H]1C(=O)N2CCCN2Cc2ccccc21. The molecule has 33 heavy (non-hydrogen) atoms. The predicted octanol–water partition coefficient (Wildman–Crippen LogP) is 2.86. The van der Waals surface area contributed by atoms with Gasteiger partial charge in [0, 0.05) is 32.1 Å². The Morgan fingerprint density at radius 1 is 1.27 bits per heavy atom. The first-order chi connectivity index (χ1) is 15.9. The lowest BCUT2D eigenvalue weighted by Crippen LogP contribution is -2.47. The van der Waals surface area contributed by atoms with E-state index < -0.39 is 12.0 Å². The fourth-order valence-corrected chi connectivity index (χ4v) is 5.71. The van der Waals surface area contributed by atoms with Gasteiger partial charge in [-0.05, 0) is 30.4 Å². The molecule has 2 aromatic rings. The molecule has 1 aromatic carbocycles. The van der Waals surface area contributed by atoms with Crippen LogP contribution in [0.2, 0.25) is 5.15 Å². The molecule has 0 unspecified atom stereocenters. The van der Waals surface area contributed by atoms with Crippen LogP contribution in [0.1, 0.15) is 64.0 Å². The Balaban J connectivity index is 1.24. The zero-order valence-electron chi connectivity index (χ0n) is 18.3. The topological polar surface area (TPSA) is 94.6 Å². The molecule has 2 atom stereocenters. The molecule has 10 heteroatoms. The first-order valence-electron chi connectivity index (χ1n) is 11.3. The first kappa shape index (κ1) is 22.3. The standard InChI is InChI=1S/C23H26ClN5O3S/c1-13(11-25-21(31)18-19(24)27-22(33-18)14-7-8-14)20(30)26-17-16-6-3-2-5-15(16)12-28-9-4-10-29(28)23(17)32/h2-3,5-6,13-14,17H,4,7-12H2,1H3,(H,25,31)(H,26,30)/t13-,17+/m1/s1. The van der Waals surface area contributed by atoms with Crippen molar-refractivity contribution in [1.82, 2.24) is 25.6 Å². The lowest BCUT2D eigenvalue weighted by Gasteiger charge is -2.28. The second-order valence-corrected chi connectivity index (χ2v) is 10.3. The summed E-state index contributed by atoms with van der Waals surface area (Å²) in [5.41, 5.74) is 1.86. The number of nitrogens with zero attached hydrogens (tertiary/aromatic N) is 3. The molecule has 0 spiro atoms. The molecule has 2 fully saturated rings. The van der Waals surface area contributed by atoms with Crippen LogP contribution >= 0.6 is 22.9 Å². The molecule has 0 radical (unpaired) electrons. The van der Waals surface area contributed by atoms with Gasteiger partial charge in [-0.25, -0.2) is 9.99 Å². The fraction of sp³-hybridized carbons (Fsp3) is 0.478. The quantitative estimate of drug-likeness (QED) is 0.653. The van der Waals surface area contributed by atoms with Gasteiger partial charge in [-0.15, -0.1) is 11.3 Å². The second kappa shape index (κ2) is 9.04. The maximum atomic E-state index is 13.3. The highest BCUT2D eigenvalue weighted by Gasteiger charge is 2.38. The normalized spacial score (nSPS) is 21.2. The van der Waals surface area contributed by atoms with E-state index in [0.29, 0.717) is 23.9 Å². The van der Waals surface area contributed by atoms with Crippen molar-refractivity contribution in [1.29, 1.82) is 0 Å². The maximum absolute atomic E-state index is 13.3. The minimum atomic E-state index is -0.744. The van der Waals surface area contributed by atoms with Crippen LogP contribution in [0.4, 0.5) is 0 Å². The Labute approximate surface area is 201 Å². The van der Waals surface area contributed by atoms with E-state index in [1.807, 2.05) is 29.3 Å². The number of amides is 3. The Morgan fingerprint density at radius 2 is 2.06 bits per heavy atom. The molecule has 3 heterocycles. The number of aromatic nitrogens is 1. The molecule has 1 aliphatic carbocycles. The van der Waals surface area contributed by atoms with Crippen LogP contribution in [-0.2, 0) is 16.1 Å². The minimum Gasteiger partial charge on any atom is -0.350 e. The van der Waals surface area contributed by atoms with E-state index in [9.17, 15) is 14.4 Å². The molecule has 1 saturated heterocycles. The summed E-state index contributed by atoms with van der Waals surface area (Å²) in [6.07, 6.45) is 3.08. The molecule has 174 valence electrons. The van der Waals surface area contributed by atoms with Crippen molar-refractivity contribution in [3.63, 3.8) is 0 Å². The first-order valence-corrected chi connectivity index (χ1v) is 12.5. The van der Waals surface area contributed by atoms with Gasteiger partial charge in [0.05, 0.1) is 10.9 Å². The van der Waals surface area contributed by atoms with Gasteiger partial charge in [0.2, 0.25) is 5.91 Å². The van der Waals surface area contributed by atoms with E-state index in [1.165, 1.54) is 11.3 Å². The van der Waals surface area contributed by atoms with Crippen molar-refractivity contribution in [2.45, 2.75) is 44.7 Å². The number of hydrazine groups is 1. The summed E-state index contributed by atoms with van der Waals surface area (Å²) < 4.78 is 0. The van der Waals surface area contributed by atoms with Crippen LogP contribution < -0.4 is 10.6 Å². The number of hydrogen-bond donors (Lipinski definition) is 2. The van der Waals surface area contributed by atoms with Crippen molar-refractivity contribution in [2.75, 3.05) is 19.6 Å². The van der Waals surface area contributed by atoms with E-state index >= 15 is 0 Å². The average molecular weight is 488 g/mol. The van der Waals surface area contributed by atoms with Crippen molar-refractivity contribution in [2.24, 2.45) is 5.92 Å².